The molecule has 0 heterocycles. The van der Waals surface area contributed by atoms with Crippen molar-refractivity contribution in [2.45, 2.75) is 71.8 Å². The summed E-state index contributed by atoms with van der Waals surface area (Å²) in [6, 6.07) is 0. The van der Waals surface area contributed by atoms with Crippen LogP contribution in [-0.4, -0.2) is 22.4 Å². The standard InChI is InChI=1S/C16H30O2/c1-14(2)11-16(4,18)13(8-10-17)15(3)9-6-5-7-12(14)15/h12-13,17-18H,5-11H2,1-4H3. The average molecular weight is 254 g/mol. The summed E-state index contributed by atoms with van der Waals surface area (Å²) in [5.74, 6) is 0.934. The highest BCUT2D eigenvalue weighted by molar-refractivity contribution is 5.08. The Kier molecular flexibility index (Phi) is 3.57. The van der Waals surface area contributed by atoms with E-state index in [0.29, 0.717) is 5.92 Å². The third kappa shape index (κ3) is 2.12. The number of fused-ring (bicyclic) bond motifs is 1. The number of rotatable bonds is 2. The first-order chi connectivity index (χ1) is 8.24. The summed E-state index contributed by atoms with van der Waals surface area (Å²) in [6.07, 6.45) is 6.73. The lowest BCUT2D eigenvalue weighted by molar-refractivity contribution is -0.191. The van der Waals surface area contributed by atoms with Crippen molar-refractivity contribution in [3.05, 3.63) is 0 Å². The predicted octanol–water partition coefficient (Wildman–Crippen LogP) is 3.36. The van der Waals surface area contributed by atoms with Gasteiger partial charge in [-0.05, 0) is 55.3 Å². The SMILES string of the molecule is CC1(C)CC(C)(O)C(CCO)C2(C)CCCCC12. The minimum Gasteiger partial charge on any atom is -0.396 e. The van der Waals surface area contributed by atoms with Crippen molar-refractivity contribution in [2.24, 2.45) is 22.7 Å². The Morgan fingerprint density at radius 1 is 1.11 bits per heavy atom. The number of aliphatic hydroxyl groups excluding tert-OH is 1. The Morgan fingerprint density at radius 3 is 2.39 bits per heavy atom. The normalized spacial score (nSPS) is 47.7. The van der Waals surface area contributed by atoms with Crippen LogP contribution in [0, 0.1) is 22.7 Å². The van der Waals surface area contributed by atoms with Gasteiger partial charge in [0.05, 0.1) is 5.60 Å². The van der Waals surface area contributed by atoms with E-state index in [1.165, 1.54) is 25.7 Å². The Hall–Kier alpha value is -0.0800. The molecule has 0 aromatic rings. The zero-order valence-corrected chi connectivity index (χ0v) is 12.5. The second-order valence-electron chi connectivity index (χ2n) is 7.89. The van der Waals surface area contributed by atoms with Crippen molar-refractivity contribution in [3.63, 3.8) is 0 Å². The molecule has 2 N–H and O–H groups in total. The molecule has 2 fully saturated rings. The van der Waals surface area contributed by atoms with Crippen LogP contribution in [0.1, 0.15) is 66.2 Å². The van der Waals surface area contributed by atoms with Crippen LogP contribution in [0.3, 0.4) is 0 Å². The fraction of sp³-hybridized carbons (Fsp3) is 1.00. The zero-order valence-electron chi connectivity index (χ0n) is 12.5. The smallest absolute Gasteiger partial charge is 0.0659 e. The number of hydrogen-bond donors (Lipinski definition) is 2. The molecule has 0 spiro atoms. The van der Waals surface area contributed by atoms with Crippen molar-refractivity contribution in [3.8, 4) is 0 Å². The fourth-order valence-electron chi connectivity index (χ4n) is 5.71. The van der Waals surface area contributed by atoms with Crippen molar-refractivity contribution in [1.82, 2.24) is 0 Å². The first-order valence-corrected chi connectivity index (χ1v) is 7.57. The molecule has 2 aliphatic rings. The number of hydrogen-bond acceptors (Lipinski definition) is 2. The monoisotopic (exact) mass is 254 g/mol. The molecule has 0 amide bonds. The molecule has 0 bridgehead atoms. The van der Waals surface area contributed by atoms with Crippen LogP contribution in [0.15, 0.2) is 0 Å². The van der Waals surface area contributed by atoms with Crippen LogP contribution in [0.5, 0.6) is 0 Å². The maximum absolute atomic E-state index is 10.9. The van der Waals surface area contributed by atoms with Crippen LogP contribution >= 0.6 is 0 Å². The summed E-state index contributed by atoms with van der Waals surface area (Å²) in [4.78, 5) is 0. The summed E-state index contributed by atoms with van der Waals surface area (Å²) < 4.78 is 0. The Balaban J connectivity index is 2.39. The van der Waals surface area contributed by atoms with Crippen LogP contribution < -0.4 is 0 Å². The van der Waals surface area contributed by atoms with E-state index < -0.39 is 5.60 Å². The number of aliphatic hydroxyl groups is 2. The topological polar surface area (TPSA) is 40.5 Å². The molecule has 4 unspecified atom stereocenters. The van der Waals surface area contributed by atoms with Gasteiger partial charge in [0.25, 0.3) is 0 Å². The summed E-state index contributed by atoms with van der Waals surface area (Å²) >= 11 is 0. The molecule has 2 nitrogen and oxygen atoms in total. The van der Waals surface area contributed by atoms with Gasteiger partial charge in [-0.15, -0.1) is 0 Å². The fourth-order valence-corrected chi connectivity index (χ4v) is 5.71. The van der Waals surface area contributed by atoms with Gasteiger partial charge >= 0.3 is 0 Å². The van der Waals surface area contributed by atoms with Crippen molar-refractivity contribution >= 4 is 0 Å². The molecule has 2 heteroatoms. The molecule has 18 heavy (non-hydrogen) atoms. The first kappa shape index (κ1) is 14.3. The summed E-state index contributed by atoms with van der Waals surface area (Å²) in [7, 11) is 0. The molecule has 2 aliphatic carbocycles. The highest BCUT2D eigenvalue weighted by Crippen LogP contribution is 2.63. The van der Waals surface area contributed by atoms with Gasteiger partial charge < -0.3 is 10.2 Å². The third-order valence-corrected chi connectivity index (χ3v) is 5.98. The molecule has 0 aromatic carbocycles. The van der Waals surface area contributed by atoms with Crippen LogP contribution in [0.2, 0.25) is 0 Å². The van der Waals surface area contributed by atoms with Gasteiger partial charge in [0.2, 0.25) is 0 Å². The molecule has 2 saturated carbocycles. The second kappa shape index (κ2) is 4.49. The molecule has 4 atom stereocenters. The summed E-state index contributed by atoms with van der Waals surface area (Å²) in [6.45, 7) is 9.21. The molecule has 0 saturated heterocycles. The maximum Gasteiger partial charge on any atom is 0.0659 e. The average Bonchev–Trinajstić information content (AvgIpc) is 2.22. The van der Waals surface area contributed by atoms with E-state index >= 15 is 0 Å². The van der Waals surface area contributed by atoms with Gasteiger partial charge in [-0.1, -0.05) is 33.6 Å². The van der Waals surface area contributed by atoms with Crippen molar-refractivity contribution in [2.75, 3.05) is 6.61 Å². The van der Waals surface area contributed by atoms with E-state index in [4.69, 9.17) is 0 Å². The van der Waals surface area contributed by atoms with Gasteiger partial charge in [-0.25, -0.2) is 0 Å². The molecule has 0 radical (unpaired) electrons. The van der Waals surface area contributed by atoms with Gasteiger partial charge in [-0.2, -0.15) is 0 Å². The molecular formula is C16H30O2. The van der Waals surface area contributed by atoms with Crippen LogP contribution in [0.25, 0.3) is 0 Å². The van der Waals surface area contributed by atoms with E-state index in [9.17, 15) is 10.2 Å². The Bertz CT molecular complexity index is 308. The van der Waals surface area contributed by atoms with Crippen molar-refractivity contribution in [1.29, 1.82) is 0 Å². The lowest BCUT2D eigenvalue weighted by atomic mass is 9.44. The molecular weight excluding hydrogens is 224 g/mol. The molecule has 0 aliphatic heterocycles. The maximum atomic E-state index is 10.9. The van der Waals surface area contributed by atoms with E-state index in [-0.39, 0.29) is 23.4 Å². The van der Waals surface area contributed by atoms with E-state index in [0.717, 1.165) is 12.8 Å². The second-order valence-corrected chi connectivity index (χ2v) is 7.89. The van der Waals surface area contributed by atoms with E-state index in [2.05, 4.69) is 20.8 Å². The zero-order chi connectivity index (χ0) is 13.6. The van der Waals surface area contributed by atoms with Gasteiger partial charge in [0, 0.05) is 6.61 Å². The summed E-state index contributed by atoms with van der Waals surface area (Å²) in [5, 5.41) is 20.3. The summed E-state index contributed by atoms with van der Waals surface area (Å²) in [5.41, 5.74) is -0.217. The Labute approximate surface area is 112 Å². The van der Waals surface area contributed by atoms with E-state index in [1.807, 2.05) is 6.92 Å². The first-order valence-electron chi connectivity index (χ1n) is 7.57. The van der Waals surface area contributed by atoms with Crippen LogP contribution in [0.4, 0.5) is 0 Å². The molecule has 0 aromatic heterocycles. The largest absolute Gasteiger partial charge is 0.396 e. The van der Waals surface area contributed by atoms with Gasteiger partial charge in [0.15, 0.2) is 0 Å². The minimum absolute atomic E-state index is 0.198. The third-order valence-electron chi connectivity index (χ3n) is 5.98. The highest BCUT2D eigenvalue weighted by atomic mass is 16.3. The Morgan fingerprint density at radius 2 is 1.78 bits per heavy atom. The lowest BCUT2D eigenvalue weighted by Gasteiger charge is -2.62. The van der Waals surface area contributed by atoms with Gasteiger partial charge in [0.1, 0.15) is 0 Å². The van der Waals surface area contributed by atoms with E-state index in [1.54, 1.807) is 0 Å². The van der Waals surface area contributed by atoms with Crippen molar-refractivity contribution < 1.29 is 10.2 Å². The predicted molar refractivity (Wildman–Crippen MR) is 74.3 cm³/mol. The minimum atomic E-state index is -0.630. The highest BCUT2D eigenvalue weighted by Gasteiger charge is 2.59. The van der Waals surface area contributed by atoms with Crippen LogP contribution in [-0.2, 0) is 0 Å². The van der Waals surface area contributed by atoms with Gasteiger partial charge in [-0.3, -0.25) is 0 Å². The lowest BCUT2D eigenvalue weighted by Crippen LogP contribution is -2.60. The molecule has 2 rings (SSSR count). The quantitative estimate of drug-likeness (QED) is 0.793. The molecule has 106 valence electrons.